The number of carbonyl (C=O) groups excluding carboxylic acids is 1. The third kappa shape index (κ3) is 8.16. The molecule has 0 aromatic heterocycles. The Balaban J connectivity index is 1.73. The van der Waals surface area contributed by atoms with Crippen molar-refractivity contribution in [2.45, 2.75) is 26.4 Å². The van der Waals surface area contributed by atoms with E-state index < -0.39 is 10.0 Å². The fraction of sp³-hybridized carbons (Fsp3) is 0.381. The zero-order chi connectivity index (χ0) is 21.3. The van der Waals surface area contributed by atoms with Crippen LogP contribution in [0.25, 0.3) is 0 Å². The van der Waals surface area contributed by atoms with Gasteiger partial charge in [0, 0.05) is 24.0 Å². The number of anilines is 1. The van der Waals surface area contributed by atoms with Crippen LogP contribution >= 0.6 is 15.9 Å². The van der Waals surface area contributed by atoms with Crippen molar-refractivity contribution in [3.63, 3.8) is 0 Å². The molecule has 2 aromatic rings. The quantitative estimate of drug-likeness (QED) is 0.496. The molecular formula is C21H27BrN2O4S. The van der Waals surface area contributed by atoms with Crippen LogP contribution in [0.3, 0.4) is 0 Å². The molecular weight excluding hydrogens is 456 g/mol. The summed E-state index contributed by atoms with van der Waals surface area (Å²) in [5.41, 5.74) is 2.63. The summed E-state index contributed by atoms with van der Waals surface area (Å²) in [5.74, 6) is -0.117. The van der Waals surface area contributed by atoms with E-state index in [0.717, 1.165) is 15.6 Å². The highest BCUT2D eigenvalue weighted by Gasteiger charge is 2.18. The molecule has 0 atom stereocenters. The van der Waals surface area contributed by atoms with Gasteiger partial charge in [-0.1, -0.05) is 46.3 Å². The number of aryl methyl sites for hydroxylation is 1. The molecule has 0 spiro atoms. The Kier molecular flexibility index (Phi) is 9.13. The molecule has 0 radical (unpaired) electrons. The molecule has 1 N–H and O–H groups in total. The standard InChI is InChI=1S/C21H27BrN2O4S/c1-17-15-19(10-11-20(17)22)24(29(2,26)27)13-6-9-21(25)23-12-14-28-16-18-7-4-3-5-8-18/h3-5,7-8,10-11,15H,6,9,12-14,16H2,1-2H3,(H,23,25). The Morgan fingerprint density at radius 1 is 1.17 bits per heavy atom. The number of sulfonamides is 1. The second-order valence-corrected chi connectivity index (χ2v) is 9.52. The highest BCUT2D eigenvalue weighted by molar-refractivity contribution is 9.10. The summed E-state index contributed by atoms with van der Waals surface area (Å²) >= 11 is 3.42. The number of hydrogen-bond donors (Lipinski definition) is 1. The number of benzene rings is 2. The van der Waals surface area contributed by atoms with Gasteiger partial charge in [-0.15, -0.1) is 0 Å². The number of ether oxygens (including phenoxy) is 1. The summed E-state index contributed by atoms with van der Waals surface area (Å²) in [7, 11) is -3.43. The fourth-order valence-electron chi connectivity index (χ4n) is 2.77. The maximum Gasteiger partial charge on any atom is 0.232 e. The van der Waals surface area contributed by atoms with Gasteiger partial charge in [-0.25, -0.2) is 8.42 Å². The second kappa shape index (κ2) is 11.3. The average Bonchev–Trinajstić information content (AvgIpc) is 2.67. The molecule has 0 aliphatic carbocycles. The summed E-state index contributed by atoms with van der Waals surface area (Å²) in [4.78, 5) is 12.0. The van der Waals surface area contributed by atoms with Crippen molar-refractivity contribution in [3.8, 4) is 0 Å². The van der Waals surface area contributed by atoms with Crippen LogP contribution in [-0.4, -0.2) is 40.3 Å². The molecule has 0 aliphatic heterocycles. The van der Waals surface area contributed by atoms with Crippen molar-refractivity contribution in [2.75, 3.05) is 30.3 Å². The third-order valence-electron chi connectivity index (χ3n) is 4.28. The van der Waals surface area contributed by atoms with Gasteiger partial charge in [0.15, 0.2) is 0 Å². The number of nitrogens with zero attached hydrogens (tertiary/aromatic N) is 1. The van der Waals surface area contributed by atoms with Crippen LogP contribution in [-0.2, 0) is 26.2 Å². The van der Waals surface area contributed by atoms with Crippen molar-refractivity contribution >= 4 is 37.5 Å². The molecule has 158 valence electrons. The van der Waals surface area contributed by atoms with E-state index in [-0.39, 0.29) is 18.9 Å². The van der Waals surface area contributed by atoms with Gasteiger partial charge >= 0.3 is 0 Å². The summed E-state index contributed by atoms with van der Waals surface area (Å²) in [6, 6.07) is 15.2. The first-order valence-corrected chi connectivity index (χ1v) is 12.0. The minimum absolute atomic E-state index is 0.117. The summed E-state index contributed by atoms with van der Waals surface area (Å²) < 4.78 is 32.1. The van der Waals surface area contributed by atoms with Crippen molar-refractivity contribution in [1.29, 1.82) is 0 Å². The molecule has 0 fully saturated rings. The summed E-state index contributed by atoms with van der Waals surface area (Å²) in [6.45, 7) is 3.51. The van der Waals surface area contributed by atoms with E-state index in [2.05, 4.69) is 21.2 Å². The molecule has 0 heterocycles. The first-order valence-electron chi connectivity index (χ1n) is 9.39. The van der Waals surface area contributed by atoms with Crippen LogP contribution in [0.2, 0.25) is 0 Å². The molecule has 2 rings (SSSR count). The van der Waals surface area contributed by atoms with Crippen LogP contribution in [0.5, 0.6) is 0 Å². The molecule has 0 bridgehead atoms. The minimum atomic E-state index is -3.43. The lowest BCUT2D eigenvalue weighted by molar-refractivity contribution is -0.121. The van der Waals surface area contributed by atoms with E-state index in [4.69, 9.17) is 4.74 Å². The van der Waals surface area contributed by atoms with Gasteiger partial charge in [-0.05, 0) is 42.7 Å². The van der Waals surface area contributed by atoms with Crippen molar-refractivity contribution in [1.82, 2.24) is 5.32 Å². The Labute approximate surface area is 181 Å². The maximum absolute atomic E-state index is 12.2. The Bertz CT molecular complexity index is 904. The number of amides is 1. The SMILES string of the molecule is Cc1cc(N(CCCC(=O)NCCOCc2ccccc2)S(C)(=O)=O)ccc1Br. The largest absolute Gasteiger partial charge is 0.375 e. The lowest BCUT2D eigenvalue weighted by atomic mass is 10.2. The first kappa shape index (κ1) is 23.4. The summed E-state index contributed by atoms with van der Waals surface area (Å²) in [5, 5.41) is 2.80. The number of carbonyl (C=O) groups is 1. The molecule has 0 saturated carbocycles. The lowest BCUT2D eigenvalue weighted by Gasteiger charge is -2.23. The zero-order valence-electron chi connectivity index (χ0n) is 16.7. The Hall–Kier alpha value is -1.90. The smallest absolute Gasteiger partial charge is 0.232 e. The molecule has 0 aliphatic rings. The molecule has 29 heavy (non-hydrogen) atoms. The Morgan fingerprint density at radius 3 is 2.55 bits per heavy atom. The van der Waals surface area contributed by atoms with Gasteiger partial charge in [-0.2, -0.15) is 0 Å². The normalized spacial score (nSPS) is 11.3. The number of rotatable bonds is 11. The van der Waals surface area contributed by atoms with Gasteiger partial charge in [0.1, 0.15) is 0 Å². The van der Waals surface area contributed by atoms with E-state index in [1.807, 2.05) is 49.4 Å². The molecule has 6 nitrogen and oxygen atoms in total. The van der Waals surface area contributed by atoms with E-state index in [0.29, 0.717) is 31.9 Å². The number of halogens is 1. The fourth-order valence-corrected chi connectivity index (χ4v) is 3.97. The van der Waals surface area contributed by atoms with E-state index in [9.17, 15) is 13.2 Å². The van der Waals surface area contributed by atoms with Crippen LogP contribution in [0.4, 0.5) is 5.69 Å². The minimum Gasteiger partial charge on any atom is -0.375 e. The predicted octanol–water partition coefficient (Wildman–Crippen LogP) is 3.64. The zero-order valence-corrected chi connectivity index (χ0v) is 19.1. The van der Waals surface area contributed by atoms with E-state index >= 15 is 0 Å². The van der Waals surface area contributed by atoms with E-state index in [1.54, 1.807) is 6.07 Å². The second-order valence-electron chi connectivity index (χ2n) is 6.76. The van der Waals surface area contributed by atoms with Crippen molar-refractivity contribution < 1.29 is 17.9 Å². The van der Waals surface area contributed by atoms with E-state index in [1.165, 1.54) is 10.6 Å². The first-order chi connectivity index (χ1) is 13.8. The number of nitrogens with one attached hydrogen (secondary N) is 1. The van der Waals surface area contributed by atoms with Crippen molar-refractivity contribution in [3.05, 3.63) is 64.1 Å². The van der Waals surface area contributed by atoms with Crippen molar-refractivity contribution in [2.24, 2.45) is 0 Å². The van der Waals surface area contributed by atoms with Gasteiger partial charge in [0.2, 0.25) is 15.9 Å². The van der Waals surface area contributed by atoms with Crippen LogP contribution in [0, 0.1) is 6.92 Å². The molecule has 8 heteroatoms. The topological polar surface area (TPSA) is 75.7 Å². The average molecular weight is 483 g/mol. The monoisotopic (exact) mass is 482 g/mol. The molecule has 2 aromatic carbocycles. The molecule has 0 unspecified atom stereocenters. The van der Waals surface area contributed by atoms with Gasteiger partial charge in [0.25, 0.3) is 0 Å². The van der Waals surface area contributed by atoms with Crippen LogP contribution in [0.1, 0.15) is 24.0 Å². The van der Waals surface area contributed by atoms with Crippen LogP contribution in [0.15, 0.2) is 53.0 Å². The van der Waals surface area contributed by atoms with Crippen LogP contribution < -0.4 is 9.62 Å². The van der Waals surface area contributed by atoms with Gasteiger partial charge in [0.05, 0.1) is 25.2 Å². The van der Waals surface area contributed by atoms with Gasteiger partial charge in [-0.3, -0.25) is 9.10 Å². The van der Waals surface area contributed by atoms with Gasteiger partial charge < -0.3 is 10.1 Å². The summed E-state index contributed by atoms with van der Waals surface area (Å²) in [6.07, 6.45) is 1.85. The molecule has 0 saturated heterocycles. The lowest BCUT2D eigenvalue weighted by Crippen LogP contribution is -2.32. The number of hydrogen-bond acceptors (Lipinski definition) is 4. The maximum atomic E-state index is 12.2. The predicted molar refractivity (Wildman–Crippen MR) is 119 cm³/mol. The highest BCUT2D eigenvalue weighted by atomic mass is 79.9. The highest BCUT2D eigenvalue weighted by Crippen LogP contribution is 2.24. The molecule has 1 amide bonds. The Morgan fingerprint density at radius 2 is 1.90 bits per heavy atom. The third-order valence-corrected chi connectivity index (χ3v) is 6.36.